The lowest BCUT2D eigenvalue weighted by atomic mass is 9.67. The number of nitrogens with zero attached hydrogens (tertiary/aromatic N) is 5. The Bertz CT molecular complexity index is 1570. The first-order chi connectivity index (χ1) is 16.0. The highest BCUT2D eigenvalue weighted by molar-refractivity contribution is 5.83. The van der Waals surface area contributed by atoms with Gasteiger partial charge < -0.3 is 9.63 Å². The minimum absolute atomic E-state index is 0.00290. The van der Waals surface area contributed by atoms with Gasteiger partial charge in [0.1, 0.15) is 12.9 Å². The molecule has 0 amide bonds. The topological polar surface area (TPSA) is 107 Å². The van der Waals surface area contributed by atoms with Crippen molar-refractivity contribution in [2.24, 2.45) is 0 Å². The van der Waals surface area contributed by atoms with Crippen molar-refractivity contribution in [1.82, 2.24) is 24.7 Å². The summed E-state index contributed by atoms with van der Waals surface area (Å²) < 4.78 is 6.85. The fraction of sp³-hybridized carbons (Fsp3) is 0.240. The molecule has 0 aliphatic heterocycles. The molecule has 0 spiro atoms. The van der Waals surface area contributed by atoms with Gasteiger partial charge in [0.05, 0.1) is 11.0 Å². The molecule has 0 unspecified atom stereocenters. The minimum atomic E-state index is -0.904. The summed E-state index contributed by atoms with van der Waals surface area (Å²) in [5, 5.41) is 18.0. The molecule has 164 valence electrons. The summed E-state index contributed by atoms with van der Waals surface area (Å²) in [5.74, 6) is 0.878. The lowest BCUT2D eigenvalue weighted by Crippen LogP contribution is -2.40. The molecule has 0 atom stereocenters. The van der Waals surface area contributed by atoms with E-state index in [4.69, 9.17) is 4.52 Å². The fourth-order valence-corrected chi connectivity index (χ4v) is 4.64. The summed E-state index contributed by atoms with van der Waals surface area (Å²) in [5.41, 5.74) is 1.04. The van der Waals surface area contributed by atoms with E-state index in [0.29, 0.717) is 35.6 Å². The third-order valence-corrected chi connectivity index (χ3v) is 6.54. The van der Waals surface area contributed by atoms with Gasteiger partial charge in [0.15, 0.2) is 11.5 Å². The molecule has 0 saturated heterocycles. The number of aryl methyl sites for hydroxylation is 1. The average Bonchev–Trinajstić information content (AvgIpc) is 3.26. The number of aliphatic hydroxyl groups is 1. The monoisotopic (exact) mass is 439 g/mol. The van der Waals surface area contributed by atoms with E-state index in [1.165, 1.54) is 10.9 Å². The summed E-state index contributed by atoms with van der Waals surface area (Å²) in [7, 11) is 0. The highest BCUT2D eigenvalue weighted by atomic mass is 16.5. The number of benzene rings is 2. The zero-order valence-electron chi connectivity index (χ0n) is 18.0. The van der Waals surface area contributed by atoms with Gasteiger partial charge in [-0.1, -0.05) is 41.6 Å². The molecular formula is C25H21N5O3. The van der Waals surface area contributed by atoms with Crippen molar-refractivity contribution in [3.8, 4) is 0 Å². The van der Waals surface area contributed by atoms with Crippen LogP contribution < -0.4 is 5.56 Å². The molecular weight excluding hydrogens is 418 g/mol. The lowest BCUT2D eigenvalue weighted by Gasteiger charge is -2.42. The normalized spacial score (nSPS) is 20.2. The number of hydrogen-bond acceptors (Lipinski definition) is 7. The van der Waals surface area contributed by atoms with Gasteiger partial charge in [-0.2, -0.15) is 4.98 Å². The summed E-state index contributed by atoms with van der Waals surface area (Å²) in [6, 6.07) is 16.0. The van der Waals surface area contributed by atoms with Gasteiger partial charge in [-0.25, -0.2) is 9.97 Å². The van der Waals surface area contributed by atoms with Crippen molar-refractivity contribution in [2.75, 3.05) is 0 Å². The van der Waals surface area contributed by atoms with Crippen LogP contribution >= 0.6 is 0 Å². The molecule has 33 heavy (non-hydrogen) atoms. The van der Waals surface area contributed by atoms with E-state index in [2.05, 4.69) is 26.2 Å². The zero-order chi connectivity index (χ0) is 22.6. The first-order valence-corrected chi connectivity index (χ1v) is 10.9. The van der Waals surface area contributed by atoms with Crippen molar-refractivity contribution in [1.29, 1.82) is 0 Å². The van der Waals surface area contributed by atoms with Gasteiger partial charge in [-0.15, -0.1) is 0 Å². The molecule has 0 radical (unpaired) electrons. The van der Waals surface area contributed by atoms with Crippen LogP contribution in [0.4, 0.5) is 0 Å². The Morgan fingerprint density at radius 1 is 1.12 bits per heavy atom. The summed E-state index contributed by atoms with van der Waals surface area (Å²) in [4.78, 5) is 25.8. The van der Waals surface area contributed by atoms with Crippen LogP contribution in [0.2, 0.25) is 0 Å². The molecule has 1 N–H and O–H groups in total. The van der Waals surface area contributed by atoms with Crippen LogP contribution in [0.3, 0.4) is 0 Å². The molecule has 1 saturated carbocycles. The molecule has 0 bridgehead atoms. The Kier molecular flexibility index (Phi) is 4.38. The smallest absolute Gasteiger partial charge is 0.263 e. The van der Waals surface area contributed by atoms with Crippen LogP contribution in [-0.4, -0.2) is 29.8 Å². The van der Waals surface area contributed by atoms with Crippen LogP contribution in [0.5, 0.6) is 0 Å². The van der Waals surface area contributed by atoms with Gasteiger partial charge in [-0.3, -0.25) is 9.36 Å². The van der Waals surface area contributed by atoms with Crippen molar-refractivity contribution >= 4 is 21.8 Å². The van der Waals surface area contributed by atoms with Gasteiger partial charge in [0, 0.05) is 12.1 Å². The summed E-state index contributed by atoms with van der Waals surface area (Å²) >= 11 is 0. The van der Waals surface area contributed by atoms with Crippen LogP contribution in [0.1, 0.15) is 41.6 Å². The van der Waals surface area contributed by atoms with Gasteiger partial charge in [0.25, 0.3) is 5.56 Å². The molecule has 5 aromatic rings. The van der Waals surface area contributed by atoms with Crippen molar-refractivity contribution in [3.05, 3.63) is 94.3 Å². The Labute approximate surface area is 188 Å². The first kappa shape index (κ1) is 19.8. The highest BCUT2D eigenvalue weighted by Crippen LogP contribution is 2.50. The molecule has 2 aromatic carbocycles. The minimum Gasteiger partial charge on any atom is -0.385 e. The van der Waals surface area contributed by atoms with Gasteiger partial charge in [0.2, 0.25) is 5.89 Å². The van der Waals surface area contributed by atoms with Crippen LogP contribution in [0, 0.1) is 6.92 Å². The maximum Gasteiger partial charge on any atom is 0.263 e. The highest BCUT2D eigenvalue weighted by Gasteiger charge is 2.46. The van der Waals surface area contributed by atoms with Crippen molar-refractivity contribution < 1.29 is 9.63 Å². The number of hydrogen-bond donors (Lipinski definition) is 1. The number of fused-ring (bicyclic) bond motifs is 2. The molecule has 1 fully saturated rings. The maximum absolute atomic E-state index is 12.9. The van der Waals surface area contributed by atoms with E-state index in [9.17, 15) is 9.90 Å². The van der Waals surface area contributed by atoms with Crippen LogP contribution in [-0.2, 0) is 12.1 Å². The van der Waals surface area contributed by atoms with Crippen molar-refractivity contribution in [2.45, 2.75) is 37.8 Å². The molecule has 8 heteroatoms. The third kappa shape index (κ3) is 3.30. The van der Waals surface area contributed by atoms with E-state index >= 15 is 0 Å². The second kappa shape index (κ2) is 7.31. The van der Waals surface area contributed by atoms with E-state index < -0.39 is 5.60 Å². The van der Waals surface area contributed by atoms with Gasteiger partial charge >= 0.3 is 0 Å². The van der Waals surface area contributed by atoms with E-state index in [-0.39, 0.29) is 18.0 Å². The summed E-state index contributed by atoms with van der Waals surface area (Å²) in [6.45, 7) is 1.99. The number of aromatic nitrogens is 5. The van der Waals surface area contributed by atoms with Gasteiger partial charge in [-0.05, 0) is 53.8 Å². The standard InChI is InChI=1S/C25H21N5O3/c1-15-8-9-26-23-21(15)24(31)30(14-27-23)13-20-28-22(29-33-20)18-11-25(32,12-18)19-7-6-16-4-2-3-5-17(16)10-19/h2-10,14,18,32H,11-13H2,1H3/t18-,25+. The predicted molar refractivity (Wildman–Crippen MR) is 122 cm³/mol. The Hall–Kier alpha value is -3.91. The molecule has 3 heterocycles. The second-order valence-corrected chi connectivity index (χ2v) is 8.75. The van der Waals surface area contributed by atoms with Crippen LogP contribution in [0.25, 0.3) is 21.8 Å². The first-order valence-electron chi connectivity index (χ1n) is 10.9. The largest absolute Gasteiger partial charge is 0.385 e. The fourth-order valence-electron chi connectivity index (χ4n) is 4.64. The Balaban J connectivity index is 1.20. The second-order valence-electron chi connectivity index (χ2n) is 8.75. The SMILES string of the molecule is Cc1ccnc2ncn(Cc3nc([C@H]4C[C@](O)(c5ccc6ccccc6c5)C4)no3)c(=O)c12. The quantitative estimate of drug-likeness (QED) is 0.457. The Morgan fingerprint density at radius 3 is 2.79 bits per heavy atom. The van der Waals surface area contributed by atoms with E-state index in [1.54, 1.807) is 12.3 Å². The lowest BCUT2D eigenvalue weighted by molar-refractivity contribution is -0.0572. The maximum atomic E-state index is 12.9. The number of pyridine rings is 1. The average molecular weight is 439 g/mol. The zero-order valence-corrected chi connectivity index (χ0v) is 18.0. The predicted octanol–water partition coefficient (Wildman–Crippen LogP) is 3.45. The third-order valence-electron chi connectivity index (χ3n) is 6.54. The molecule has 6 rings (SSSR count). The number of rotatable bonds is 4. The van der Waals surface area contributed by atoms with Crippen LogP contribution in [0.15, 0.2) is 70.4 Å². The Morgan fingerprint density at radius 2 is 1.94 bits per heavy atom. The molecule has 3 aromatic heterocycles. The van der Waals surface area contributed by atoms with E-state index in [0.717, 1.165) is 21.9 Å². The molecule has 1 aliphatic carbocycles. The molecule has 8 nitrogen and oxygen atoms in total. The van der Waals surface area contributed by atoms with Crippen molar-refractivity contribution in [3.63, 3.8) is 0 Å². The van der Waals surface area contributed by atoms with E-state index in [1.807, 2.05) is 43.3 Å². The summed E-state index contributed by atoms with van der Waals surface area (Å²) in [6.07, 6.45) is 4.12. The molecule has 1 aliphatic rings.